The normalized spacial score (nSPS) is 12.2. The molecule has 0 saturated carbocycles. The average molecular weight is 219 g/mol. The Morgan fingerprint density at radius 3 is 2.69 bits per heavy atom. The lowest BCUT2D eigenvalue weighted by Crippen LogP contribution is -2.33. The minimum atomic E-state index is 0.114. The van der Waals surface area contributed by atoms with Gasteiger partial charge in [-0.2, -0.15) is 0 Å². The molecule has 0 aliphatic heterocycles. The highest BCUT2D eigenvalue weighted by molar-refractivity contribution is 5.79. The molecule has 1 unspecified atom stereocenters. The van der Waals surface area contributed by atoms with E-state index >= 15 is 0 Å². The minimum absolute atomic E-state index is 0.114. The van der Waals surface area contributed by atoms with Gasteiger partial charge in [-0.25, -0.2) is 0 Å². The van der Waals surface area contributed by atoms with Crippen molar-refractivity contribution in [3.63, 3.8) is 0 Å². The molecule has 0 spiro atoms. The van der Waals surface area contributed by atoms with E-state index in [0.717, 1.165) is 12.0 Å². The van der Waals surface area contributed by atoms with Gasteiger partial charge in [-0.3, -0.25) is 4.79 Å². The SMILES string of the molecule is CCC(C)NC(=O)Cc1cc(C)ccc1C. The molecule has 0 bridgehead atoms. The summed E-state index contributed by atoms with van der Waals surface area (Å²) in [7, 11) is 0. The standard InChI is InChI=1S/C14H21NO/c1-5-12(4)15-14(16)9-13-8-10(2)6-7-11(13)3/h6-8,12H,5,9H2,1-4H3,(H,15,16). The molecule has 2 nitrogen and oxygen atoms in total. The molecule has 1 amide bonds. The van der Waals surface area contributed by atoms with Gasteiger partial charge in [0.05, 0.1) is 6.42 Å². The third-order valence-corrected chi connectivity index (χ3v) is 2.88. The summed E-state index contributed by atoms with van der Waals surface area (Å²) in [5.41, 5.74) is 3.52. The predicted molar refractivity (Wildman–Crippen MR) is 67.5 cm³/mol. The van der Waals surface area contributed by atoms with Crippen LogP contribution in [0.4, 0.5) is 0 Å². The lowest BCUT2D eigenvalue weighted by Gasteiger charge is -2.12. The van der Waals surface area contributed by atoms with Crippen LogP contribution in [0.15, 0.2) is 18.2 Å². The molecule has 0 aromatic heterocycles. The van der Waals surface area contributed by atoms with Crippen LogP contribution in [-0.2, 0) is 11.2 Å². The number of carbonyl (C=O) groups excluding carboxylic acids is 1. The van der Waals surface area contributed by atoms with Gasteiger partial charge in [0.2, 0.25) is 5.91 Å². The highest BCUT2D eigenvalue weighted by atomic mass is 16.1. The molecule has 16 heavy (non-hydrogen) atoms. The molecule has 1 aromatic carbocycles. The number of hydrogen-bond donors (Lipinski definition) is 1. The Morgan fingerprint density at radius 1 is 1.38 bits per heavy atom. The number of amides is 1. The number of aryl methyl sites for hydroxylation is 2. The first-order chi connectivity index (χ1) is 7.52. The highest BCUT2D eigenvalue weighted by Crippen LogP contribution is 2.11. The quantitative estimate of drug-likeness (QED) is 0.829. The fourth-order valence-corrected chi connectivity index (χ4v) is 1.59. The summed E-state index contributed by atoms with van der Waals surface area (Å²) >= 11 is 0. The maximum atomic E-state index is 11.7. The molecule has 0 radical (unpaired) electrons. The van der Waals surface area contributed by atoms with Crippen LogP contribution in [0, 0.1) is 13.8 Å². The van der Waals surface area contributed by atoms with Crippen LogP contribution in [0.2, 0.25) is 0 Å². The molecule has 88 valence electrons. The van der Waals surface area contributed by atoms with Gasteiger partial charge in [-0.05, 0) is 38.3 Å². The van der Waals surface area contributed by atoms with Crippen molar-refractivity contribution in [3.05, 3.63) is 34.9 Å². The monoisotopic (exact) mass is 219 g/mol. The molecular weight excluding hydrogens is 198 g/mol. The summed E-state index contributed by atoms with van der Waals surface area (Å²) in [5, 5.41) is 2.99. The van der Waals surface area contributed by atoms with Crippen LogP contribution in [0.1, 0.15) is 37.0 Å². The van der Waals surface area contributed by atoms with Crippen LogP contribution < -0.4 is 5.32 Å². The fourth-order valence-electron chi connectivity index (χ4n) is 1.59. The number of carbonyl (C=O) groups is 1. The molecule has 2 heteroatoms. The Bertz CT molecular complexity index is 371. The first-order valence-electron chi connectivity index (χ1n) is 5.88. The third-order valence-electron chi connectivity index (χ3n) is 2.88. The Balaban J connectivity index is 2.65. The Morgan fingerprint density at radius 2 is 2.06 bits per heavy atom. The van der Waals surface area contributed by atoms with Gasteiger partial charge in [0.15, 0.2) is 0 Å². The minimum Gasteiger partial charge on any atom is -0.353 e. The van der Waals surface area contributed by atoms with E-state index in [-0.39, 0.29) is 11.9 Å². The summed E-state index contributed by atoms with van der Waals surface area (Å²) in [6.45, 7) is 8.20. The van der Waals surface area contributed by atoms with Crippen LogP contribution in [0.3, 0.4) is 0 Å². The van der Waals surface area contributed by atoms with Gasteiger partial charge in [0.1, 0.15) is 0 Å². The van der Waals surface area contributed by atoms with E-state index in [2.05, 4.69) is 37.4 Å². The molecule has 1 atom stereocenters. The summed E-state index contributed by atoms with van der Waals surface area (Å²) in [6.07, 6.45) is 1.45. The van der Waals surface area contributed by atoms with Gasteiger partial charge in [0, 0.05) is 6.04 Å². The summed E-state index contributed by atoms with van der Waals surface area (Å²) in [5.74, 6) is 0.114. The average Bonchev–Trinajstić information content (AvgIpc) is 2.23. The molecule has 0 heterocycles. The van der Waals surface area contributed by atoms with Gasteiger partial charge in [-0.1, -0.05) is 30.7 Å². The maximum Gasteiger partial charge on any atom is 0.224 e. The van der Waals surface area contributed by atoms with Gasteiger partial charge in [0.25, 0.3) is 0 Å². The zero-order valence-electron chi connectivity index (χ0n) is 10.6. The lowest BCUT2D eigenvalue weighted by molar-refractivity contribution is -0.121. The van der Waals surface area contributed by atoms with Crippen molar-refractivity contribution in [2.75, 3.05) is 0 Å². The zero-order chi connectivity index (χ0) is 12.1. The van der Waals surface area contributed by atoms with Crippen molar-refractivity contribution < 1.29 is 4.79 Å². The van der Waals surface area contributed by atoms with Crippen molar-refractivity contribution in [1.29, 1.82) is 0 Å². The summed E-state index contributed by atoms with van der Waals surface area (Å²) in [6, 6.07) is 6.50. The lowest BCUT2D eigenvalue weighted by atomic mass is 10.0. The third kappa shape index (κ3) is 3.69. The number of hydrogen-bond acceptors (Lipinski definition) is 1. The van der Waals surface area contributed by atoms with Crippen LogP contribution in [0.25, 0.3) is 0 Å². The molecular formula is C14H21NO. The van der Waals surface area contributed by atoms with Gasteiger partial charge < -0.3 is 5.32 Å². The van der Waals surface area contributed by atoms with E-state index in [0.29, 0.717) is 6.42 Å². The van der Waals surface area contributed by atoms with Crippen molar-refractivity contribution in [2.45, 2.75) is 46.6 Å². The van der Waals surface area contributed by atoms with Crippen molar-refractivity contribution in [3.8, 4) is 0 Å². The molecule has 1 rings (SSSR count). The highest BCUT2D eigenvalue weighted by Gasteiger charge is 2.08. The van der Waals surface area contributed by atoms with Crippen LogP contribution in [-0.4, -0.2) is 11.9 Å². The van der Waals surface area contributed by atoms with E-state index in [1.54, 1.807) is 0 Å². The summed E-state index contributed by atoms with van der Waals surface area (Å²) < 4.78 is 0. The molecule has 0 aliphatic rings. The Hall–Kier alpha value is -1.31. The summed E-state index contributed by atoms with van der Waals surface area (Å²) in [4.78, 5) is 11.7. The van der Waals surface area contributed by atoms with E-state index in [1.165, 1.54) is 11.1 Å². The molecule has 0 aliphatic carbocycles. The predicted octanol–water partition coefficient (Wildman–Crippen LogP) is 2.76. The van der Waals surface area contributed by atoms with Crippen LogP contribution >= 0.6 is 0 Å². The number of nitrogens with one attached hydrogen (secondary N) is 1. The largest absolute Gasteiger partial charge is 0.353 e. The second-order valence-electron chi connectivity index (χ2n) is 4.48. The second-order valence-corrected chi connectivity index (χ2v) is 4.48. The Kier molecular flexibility index (Phi) is 4.53. The topological polar surface area (TPSA) is 29.1 Å². The second kappa shape index (κ2) is 5.69. The van der Waals surface area contributed by atoms with E-state index in [1.807, 2.05) is 13.8 Å². The fraction of sp³-hybridized carbons (Fsp3) is 0.500. The van der Waals surface area contributed by atoms with E-state index < -0.39 is 0 Å². The molecule has 0 saturated heterocycles. The molecule has 1 N–H and O–H groups in total. The van der Waals surface area contributed by atoms with Crippen LogP contribution in [0.5, 0.6) is 0 Å². The number of rotatable bonds is 4. The Labute approximate surface area is 98.1 Å². The van der Waals surface area contributed by atoms with Gasteiger partial charge in [-0.15, -0.1) is 0 Å². The molecule has 0 fully saturated rings. The van der Waals surface area contributed by atoms with E-state index in [4.69, 9.17) is 0 Å². The molecule has 1 aromatic rings. The van der Waals surface area contributed by atoms with Gasteiger partial charge >= 0.3 is 0 Å². The zero-order valence-corrected chi connectivity index (χ0v) is 10.6. The maximum absolute atomic E-state index is 11.7. The van der Waals surface area contributed by atoms with Crippen molar-refractivity contribution in [1.82, 2.24) is 5.32 Å². The number of benzene rings is 1. The smallest absolute Gasteiger partial charge is 0.224 e. The first kappa shape index (κ1) is 12.8. The first-order valence-corrected chi connectivity index (χ1v) is 5.88. The van der Waals surface area contributed by atoms with Crippen molar-refractivity contribution >= 4 is 5.91 Å². The van der Waals surface area contributed by atoms with E-state index in [9.17, 15) is 4.79 Å². The van der Waals surface area contributed by atoms with Crippen molar-refractivity contribution in [2.24, 2.45) is 0 Å².